The first-order valence-electron chi connectivity index (χ1n) is 8.38. The monoisotopic (exact) mass is 377 g/mol. The molecule has 4 rings (SSSR count). The first-order valence-corrected chi connectivity index (χ1v) is 8.76. The summed E-state index contributed by atoms with van der Waals surface area (Å²) in [5.41, 5.74) is 4.12. The van der Waals surface area contributed by atoms with Gasteiger partial charge in [-0.2, -0.15) is 5.10 Å². The summed E-state index contributed by atoms with van der Waals surface area (Å²) in [4.78, 5) is 17.3. The molecule has 0 aliphatic heterocycles. The summed E-state index contributed by atoms with van der Waals surface area (Å²) in [6.07, 6.45) is 0. The number of para-hydroxylation sites is 1. The lowest BCUT2D eigenvalue weighted by Gasteiger charge is -2.08. The number of ether oxygens (including phenoxy) is 1. The first kappa shape index (κ1) is 17.2. The number of nitrogens with zero attached hydrogens (tertiary/aromatic N) is 3. The molecule has 27 heavy (non-hydrogen) atoms. The number of hydrogen-bond donors (Lipinski definition) is 0. The van der Waals surface area contributed by atoms with Gasteiger partial charge in [-0.1, -0.05) is 41.9 Å². The molecule has 0 radical (unpaired) electrons. The minimum atomic E-state index is -0.423. The fourth-order valence-corrected chi connectivity index (χ4v) is 3.20. The lowest BCUT2D eigenvalue weighted by molar-refractivity contribution is 0.0603. The zero-order chi connectivity index (χ0) is 19.0. The maximum absolute atomic E-state index is 12.5. The number of esters is 1. The second kappa shape index (κ2) is 6.85. The molecular weight excluding hydrogens is 362 g/mol. The standard InChI is InChI=1S/C21H16ClN3O2/c1-13-19-17(21(26)27-2)12-18(14-8-10-15(22)11-9-14)23-20(19)25(24-13)16-6-4-3-5-7-16/h3-12H,1-2H3. The number of aromatic nitrogens is 3. The van der Waals surface area contributed by atoms with Crippen molar-refractivity contribution in [1.29, 1.82) is 0 Å². The number of methoxy groups -OCH3 is 1. The number of rotatable bonds is 3. The largest absolute Gasteiger partial charge is 0.465 e. The summed E-state index contributed by atoms with van der Waals surface area (Å²) < 4.78 is 6.75. The van der Waals surface area contributed by atoms with Gasteiger partial charge in [0, 0.05) is 10.6 Å². The zero-order valence-electron chi connectivity index (χ0n) is 14.8. The molecule has 2 aromatic carbocycles. The number of halogens is 1. The van der Waals surface area contributed by atoms with Gasteiger partial charge < -0.3 is 4.74 Å². The van der Waals surface area contributed by atoms with Gasteiger partial charge in [0.1, 0.15) is 0 Å². The summed E-state index contributed by atoms with van der Waals surface area (Å²) >= 11 is 6.00. The van der Waals surface area contributed by atoms with E-state index in [1.54, 1.807) is 22.9 Å². The van der Waals surface area contributed by atoms with E-state index in [0.717, 1.165) is 11.3 Å². The molecule has 2 heterocycles. The Morgan fingerprint density at radius 3 is 2.44 bits per heavy atom. The Bertz CT molecular complexity index is 1140. The van der Waals surface area contributed by atoms with Crippen molar-refractivity contribution < 1.29 is 9.53 Å². The average Bonchev–Trinajstić information content (AvgIpc) is 3.04. The van der Waals surface area contributed by atoms with Crippen LogP contribution in [0.3, 0.4) is 0 Å². The number of carbonyl (C=O) groups excluding carboxylic acids is 1. The van der Waals surface area contributed by atoms with Crippen molar-refractivity contribution >= 4 is 28.6 Å². The van der Waals surface area contributed by atoms with Crippen LogP contribution in [0, 0.1) is 6.92 Å². The summed E-state index contributed by atoms with van der Waals surface area (Å²) in [5.74, 6) is -0.423. The Hall–Kier alpha value is -3.18. The number of benzene rings is 2. The van der Waals surface area contributed by atoms with E-state index in [4.69, 9.17) is 21.3 Å². The third kappa shape index (κ3) is 3.06. The highest BCUT2D eigenvalue weighted by atomic mass is 35.5. The third-order valence-corrected chi connectivity index (χ3v) is 4.61. The second-order valence-electron chi connectivity index (χ2n) is 6.08. The van der Waals surface area contributed by atoms with Gasteiger partial charge in [-0.25, -0.2) is 14.5 Å². The molecule has 0 amide bonds. The van der Waals surface area contributed by atoms with E-state index >= 15 is 0 Å². The van der Waals surface area contributed by atoms with Crippen LogP contribution < -0.4 is 0 Å². The molecule has 0 aliphatic carbocycles. The van der Waals surface area contributed by atoms with Gasteiger partial charge in [0.2, 0.25) is 0 Å². The number of aryl methyl sites for hydroxylation is 1. The van der Waals surface area contributed by atoms with Gasteiger partial charge in [-0.15, -0.1) is 0 Å². The van der Waals surface area contributed by atoms with Crippen LogP contribution in [0.5, 0.6) is 0 Å². The topological polar surface area (TPSA) is 57.0 Å². The highest BCUT2D eigenvalue weighted by Gasteiger charge is 2.21. The van der Waals surface area contributed by atoms with Crippen LogP contribution >= 0.6 is 11.6 Å². The van der Waals surface area contributed by atoms with E-state index < -0.39 is 5.97 Å². The maximum atomic E-state index is 12.5. The van der Waals surface area contributed by atoms with Crippen molar-refractivity contribution in [1.82, 2.24) is 14.8 Å². The minimum Gasteiger partial charge on any atom is -0.465 e. The molecule has 2 aromatic heterocycles. The third-order valence-electron chi connectivity index (χ3n) is 4.36. The molecule has 0 fully saturated rings. The normalized spacial score (nSPS) is 10.9. The fraction of sp³-hybridized carbons (Fsp3) is 0.0952. The highest BCUT2D eigenvalue weighted by Crippen LogP contribution is 2.29. The molecule has 0 unspecified atom stereocenters. The predicted molar refractivity (Wildman–Crippen MR) is 105 cm³/mol. The van der Waals surface area contributed by atoms with E-state index in [1.165, 1.54) is 7.11 Å². The van der Waals surface area contributed by atoms with E-state index in [-0.39, 0.29) is 0 Å². The van der Waals surface area contributed by atoms with E-state index in [9.17, 15) is 4.79 Å². The van der Waals surface area contributed by atoms with Crippen LogP contribution in [-0.4, -0.2) is 27.8 Å². The molecule has 0 bridgehead atoms. The van der Waals surface area contributed by atoms with Crippen molar-refractivity contribution in [3.05, 3.63) is 76.9 Å². The van der Waals surface area contributed by atoms with E-state index in [2.05, 4.69) is 5.10 Å². The lowest BCUT2D eigenvalue weighted by atomic mass is 10.1. The van der Waals surface area contributed by atoms with Crippen molar-refractivity contribution in [3.63, 3.8) is 0 Å². The zero-order valence-corrected chi connectivity index (χ0v) is 15.6. The Balaban J connectivity index is 2.04. The van der Waals surface area contributed by atoms with Crippen LogP contribution in [-0.2, 0) is 4.74 Å². The van der Waals surface area contributed by atoms with Crippen LogP contribution in [0.1, 0.15) is 16.1 Å². The molecule has 0 saturated carbocycles. The van der Waals surface area contributed by atoms with Gasteiger partial charge in [0.25, 0.3) is 0 Å². The SMILES string of the molecule is COC(=O)c1cc(-c2ccc(Cl)cc2)nc2c1c(C)nn2-c1ccccc1. The van der Waals surface area contributed by atoms with Gasteiger partial charge in [0.15, 0.2) is 5.65 Å². The Kier molecular flexibility index (Phi) is 4.38. The van der Waals surface area contributed by atoms with Gasteiger partial charge in [0.05, 0.1) is 35.1 Å². The summed E-state index contributed by atoms with van der Waals surface area (Å²) in [5, 5.41) is 5.93. The molecule has 0 atom stereocenters. The molecule has 0 N–H and O–H groups in total. The van der Waals surface area contributed by atoms with Crippen molar-refractivity contribution in [2.45, 2.75) is 6.92 Å². The van der Waals surface area contributed by atoms with Crippen LogP contribution in [0.4, 0.5) is 0 Å². The van der Waals surface area contributed by atoms with Crippen LogP contribution in [0.15, 0.2) is 60.7 Å². The number of pyridine rings is 1. The highest BCUT2D eigenvalue weighted by molar-refractivity contribution is 6.30. The molecule has 0 saturated heterocycles. The van der Waals surface area contributed by atoms with Crippen molar-refractivity contribution in [2.75, 3.05) is 7.11 Å². The van der Waals surface area contributed by atoms with E-state index in [0.29, 0.717) is 33.0 Å². The Morgan fingerprint density at radius 1 is 1.07 bits per heavy atom. The summed E-state index contributed by atoms with van der Waals surface area (Å²) in [7, 11) is 1.37. The van der Waals surface area contributed by atoms with Crippen molar-refractivity contribution in [2.24, 2.45) is 0 Å². The quantitative estimate of drug-likeness (QED) is 0.479. The maximum Gasteiger partial charge on any atom is 0.338 e. The summed E-state index contributed by atoms with van der Waals surface area (Å²) in [6, 6.07) is 18.8. The minimum absolute atomic E-state index is 0.423. The fourth-order valence-electron chi connectivity index (χ4n) is 3.08. The molecule has 0 spiro atoms. The molecular formula is C21H16ClN3O2. The average molecular weight is 378 g/mol. The van der Waals surface area contributed by atoms with Crippen LogP contribution in [0.25, 0.3) is 28.0 Å². The Morgan fingerprint density at radius 2 is 1.78 bits per heavy atom. The number of fused-ring (bicyclic) bond motifs is 1. The number of hydrogen-bond acceptors (Lipinski definition) is 4. The van der Waals surface area contributed by atoms with Gasteiger partial charge in [-0.05, 0) is 37.3 Å². The molecule has 0 aliphatic rings. The Labute approximate surface area is 161 Å². The molecule has 6 heteroatoms. The van der Waals surface area contributed by atoms with Gasteiger partial charge in [-0.3, -0.25) is 0 Å². The second-order valence-corrected chi connectivity index (χ2v) is 6.52. The van der Waals surface area contributed by atoms with Gasteiger partial charge >= 0.3 is 5.97 Å². The smallest absolute Gasteiger partial charge is 0.338 e. The molecule has 5 nitrogen and oxygen atoms in total. The summed E-state index contributed by atoms with van der Waals surface area (Å²) in [6.45, 7) is 1.86. The predicted octanol–water partition coefficient (Wildman–Crippen LogP) is 4.84. The van der Waals surface area contributed by atoms with E-state index in [1.807, 2.05) is 49.4 Å². The first-order chi connectivity index (χ1) is 13.1. The van der Waals surface area contributed by atoms with Crippen LogP contribution in [0.2, 0.25) is 5.02 Å². The van der Waals surface area contributed by atoms with Crippen molar-refractivity contribution in [3.8, 4) is 16.9 Å². The lowest BCUT2D eigenvalue weighted by Crippen LogP contribution is -2.05. The molecule has 134 valence electrons. The molecule has 4 aromatic rings. The number of carbonyl (C=O) groups is 1.